The number of hydrogen-bond acceptors (Lipinski definition) is 3. The highest BCUT2D eigenvalue weighted by Gasteiger charge is 2.04. The minimum atomic E-state index is -0.0889. The molecule has 1 unspecified atom stereocenters. The maximum absolute atomic E-state index is 11.8. The van der Waals surface area contributed by atoms with Crippen molar-refractivity contribution in [3.8, 4) is 0 Å². The molecule has 0 saturated heterocycles. The molecule has 0 spiro atoms. The van der Waals surface area contributed by atoms with Crippen LogP contribution in [0.4, 0.5) is 0 Å². The van der Waals surface area contributed by atoms with E-state index in [1.165, 1.54) is 89.9 Å². The van der Waals surface area contributed by atoms with Crippen LogP contribution >= 0.6 is 0 Å². The lowest BCUT2D eigenvalue weighted by atomic mass is 9.96. The highest BCUT2D eigenvalue weighted by molar-refractivity contribution is 5.69. The van der Waals surface area contributed by atoms with Crippen molar-refractivity contribution >= 4 is 5.97 Å². The number of unbranched alkanes of at least 4 members (excludes halogenated alkanes) is 12. The van der Waals surface area contributed by atoms with Gasteiger partial charge in [0.1, 0.15) is 6.61 Å². The van der Waals surface area contributed by atoms with Crippen LogP contribution in [0, 0.1) is 5.92 Å². The molecule has 0 aliphatic carbocycles. The molecular weight excluding hydrogens is 370 g/mol. The predicted octanol–water partition coefficient (Wildman–Crippen LogP) is 8.41. The van der Waals surface area contributed by atoms with E-state index in [9.17, 15) is 4.79 Å². The van der Waals surface area contributed by atoms with Crippen molar-refractivity contribution in [2.45, 2.75) is 130 Å². The van der Waals surface area contributed by atoms with Crippen LogP contribution < -0.4 is 0 Å². The molecule has 0 aliphatic rings. The summed E-state index contributed by atoms with van der Waals surface area (Å²) < 4.78 is 5.29. The van der Waals surface area contributed by atoms with E-state index in [1.54, 1.807) is 12.4 Å². The van der Waals surface area contributed by atoms with Crippen LogP contribution in [0.5, 0.6) is 0 Å². The zero-order chi connectivity index (χ0) is 21.7. The van der Waals surface area contributed by atoms with Crippen LogP contribution in [-0.4, -0.2) is 11.0 Å². The molecule has 1 aromatic rings. The highest BCUT2D eigenvalue weighted by atomic mass is 16.5. The van der Waals surface area contributed by atoms with Gasteiger partial charge in [0.05, 0.1) is 0 Å². The van der Waals surface area contributed by atoms with Gasteiger partial charge in [0.15, 0.2) is 0 Å². The van der Waals surface area contributed by atoms with Gasteiger partial charge < -0.3 is 4.74 Å². The van der Waals surface area contributed by atoms with Crippen molar-refractivity contribution in [1.82, 2.24) is 4.98 Å². The molecule has 0 radical (unpaired) electrons. The minimum Gasteiger partial charge on any atom is -0.461 e. The van der Waals surface area contributed by atoms with Crippen molar-refractivity contribution in [2.75, 3.05) is 0 Å². The van der Waals surface area contributed by atoms with Gasteiger partial charge in [0.25, 0.3) is 0 Å². The van der Waals surface area contributed by atoms with Crippen LogP contribution in [0.2, 0.25) is 0 Å². The van der Waals surface area contributed by atoms with Crippen LogP contribution in [-0.2, 0) is 16.1 Å². The molecule has 0 N–H and O–H groups in total. The zero-order valence-corrected chi connectivity index (χ0v) is 19.9. The van der Waals surface area contributed by atoms with E-state index in [2.05, 4.69) is 18.8 Å². The number of esters is 1. The van der Waals surface area contributed by atoms with E-state index in [1.807, 2.05) is 12.1 Å². The first-order chi connectivity index (χ1) is 14.7. The van der Waals surface area contributed by atoms with Crippen LogP contribution in [0.1, 0.15) is 129 Å². The van der Waals surface area contributed by atoms with Gasteiger partial charge in [0.2, 0.25) is 0 Å². The Morgan fingerprint density at radius 2 is 1.43 bits per heavy atom. The normalized spacial score (nSPS) is 12.1. The molecule has 1 aromatic heterocycles. The Kier molecular flexibility index (Phi) is 17.4. The van der Waals surface area contributed by atoms with E-state index >= 15 is 0 Å². The summed E-state index contributed by atoms with van der Waals surface area (Å²) in [4.78, 5) is 15.8. The highest BCUT2D eigenvalue weighted by Crippen LogP contribution is 2.18. The summed E-state index contributed by atoms with van der Waals surface area (Å²) in [5, 5.41) is 0. The number of rotatable bonds is 20. The molecular formula is C27H47NO2. The summed E-state index contributed by atoms with van der Waals surface area (Å²) in [6.45, 7) is 5.06. The maximum Gasteiger partial charge on any atom is 0.306 e. The molecule has 1 atom stereocenters. The summed E-state index contributed by atoms with van der Waals surface area (Å²) in [6.07, 6.45) is 25.5. The smallest absolute Gasteiger partial charge is 0.306 e. The lowest BCUT2D eigenvalue weighted by molar-refractivity contribution is -0.145. The fourth-order valence-corrected chi connectivity index (χ4v) is 3.96. The molecule has 1 heterocycles. The van der Waals surface area contributed by atoms with Gasteiger partial charge >= 0.3 is 5.97 Å². The molecule has 0 aliphatic heterocycles. The summed E-state index contributed by atoms with van der Waals surface area (Å²) in [5.41, 5.74) is 0.947. The third-order valence-electron chi connectivity index (χ3n) is 6.00. The van der Waals surface area contributed by atoms with Crippen molar-refractivity contribution in [3.05, 3.63) is 30.1 Å². The molecule has 0 fully saturated rings. The van der Waals surface area contributed by atoms with E-state index in [4.69, 9.17) is 4.74 Å². The van der Waals surface area contributed by atoms with Crippen LogP contribution in [0.3, 0.4) is 0 Å². The average molecular weight is 418 g/mol. The number of pyridine rings is 1. The molecule has 0 bridgehead atoms. The van der Waals surface area contributed by atoms with Crippen molar-refractivity contribution in [2.24, 2.45) is 5.92 Å². The number of nitrogens with zero attached hydrogens (tertiary/aromatic N) is 1. The standard InChI is InChI=1S/C27H47NO2/c1-3-4-5-11-14-18-25(2)19-15-12-9-7-6-8-10-13-16-21-27(29)30-24-26-20-17-22-28-23-26/h17,20,22-23,25H,3-16,18-19,21,24H2,1-2H3. The van der Waals surface area contributed by atoms with Gasteiger partial charge in [-0.15, -0.1) is 0 Å². The zero-order valence-electron chi connectivity index (χ0n) is 19.9. The summed E-state index contributed by atoms with van der Waals surface area (Å²) in [7, 11) is 0. The van der Waals surface area contributed by atoms with E-state index in [0.717, 1.165) is 24.3 Å². The van der Waals surface area contributed by atoms with E-state index in [0.29, 0.717) is 13.0 Å². The molecule has 1 rings (SSSR count). The fraction of sp³-hybridized carbons (Fsp3) is 0.778. The second-order valence-corrected chi connectivity index (χ2v) is 9.05. The van der Waals surface area contributed by atoms with Gasteiger partial charge in [-0.1, -0.05) is 116 Å². The molecule has 172 valence electrons. The Hall–Kier alpha value is -1.38. The summed E-state index contributed by atoms with van der Waals surface area (Å²) in [5.74, 6) is 0.830. The van der Waals surface area contributed by atoms with Crippen molar-refractivity contribution in [1.29, 1.82) is 0 Å². The fourth-order valence-electron chi connectivity index (χ4n) is 3.96. The number of aromatic nitrogens is 1. The second-order valence-electron chi connectivity index (χ2n) is 9.05. The number of carbonyl (C=O) groups is 1. The SMILES string of the molecule is CCCCCCCC(C)CCCCCCCCCCCC(=O)OCc1cccnc1. The number of hydrogen-bond donors (Lipinski definition) is 0. The third kappa shape index (κ3) is 16.4. The average Bonchev–Trinajstić information content (AvgIpc) is 2.76. The Labute approximate surface area is 186 Å². The monoisotopic (exact) mass is 417 g/mol. The number of ether oxygens (including phenoxy) is 1. The Morgan fingerprint density at radius 1 is 0.867 bits per heavy atom. The first kappa shape index (κ1) is 26.7. The van der Waals surface area contributed by atoms with E-state index < -0.39 is 0 Å². The minimum absolute atomic E-state index is 0.0889. The Balaban J connectivity index is 1.79. The van der Waals surface area contributed by atoms with Gasteiger partial charge in [-0.25, -0.2) is 0 Å². The Morgan fingerprint density at radius 3 is 2.00 bits per heavy atom. The maximum atomic E-state index is 11.8. The summed E-state index contributed by atoms with van der Waals surface area (Å²) in [6, 6.07) is 3.79. The van der Waals surface area contributed by atoms with Gasteiger partial charge in [-0.2, -0.15) is 0 Å². The quantitative estimate of drug-likeness (QED) is 0.158. The summed E-state index contributed by atoms with van der Waals surface area (Å²) >= 11 is 0. The van der Waals surface area contributed by atoms with Gasteiger partial charge in [-0.05, 0) is 18.4 Å². The molecule has 0 amide bonds. The second kappa shape index (κ2) is 19.6. The molecule has 30 heavy (non-hydrogen) atoms. The lowest BCUT2D eigenvalue weighted by Gasteiger charge is -2.11. The number of carbonyl (C=O) groups excluding carboxylic acids is 1. The van der Waals surface area contributed by atoms with Crippen molar-refractivity contribution in [3.63, 3.8) is 0 Å². The van der Waals surface area contributed by atoms with Crippen molar-refractivity contribution < 1.29 is 9.53 Å². The topological polar surface area (TPSA) is 39.2 Å². The molecule has 3 heteroatoms. The van der Waals surface area contributed by atoms with E-state index in [-0.39, 0.29) is 5.97 Å². The first-order valence-electron chi connectivity index (χ1n) is 12.8. The third-order valence-corrected chi connectivity index (χ3v) is 6.00. The largest absolute Gasteiger partial charge is 0.461 e. The molecule has 0 aromatic carbocycles. The predicted molar refractivity (Wildman–Crippen MR) is 127 cm³/mol. The molecule has 0 saturated carbocycles. The van der Waals surface area contributed by atoms with Crippen LogP contribution in [0.15, 0.2) is 24.5 Å². The van der Waals surface area contributed by atoms with Gasteiger partial charge in [0, 0.05) is 24.4 Å². The first-order valence-corrected chi connectivity index (χ1v) is 12.8. The van der Waals surface area contributed by atoms with Crippen LogP contribution in [0.25, 0.3) is 0 Å². The van der Waals surface area contributed by atoms with Gasteiger partial charge in [-0.3, -0.25) is 9.78 Å². The Bertz CT molecular complexity index is 503. The molecule has 3 nitrogen and oxygen atoms in total. The lowest BCUT2D eigenvalue weighted by Crippen LogP contribution is -2.04.